The number of hydrogen-bond donors (Lipinski definition) is 2. The van der Waals surface area contributed by atoms with Gasteiger partial charge < -0.3 is 10.1 Å². The van der Waals surface area contributed by atoms with E-state index in [2.05, 4.69) is 14.8 Å². The molecule has 0 radical (unpaired) electrons. The molecule has 0 unspecified atom stereocenters. The number of carbonyl (C=O) groups is 2. The Morgan fingerprint density at radius 3 is 2.43 bits per heavy atom. The molecule has 0 saturated carbocycles. The van der Waals surface area contributed by atoms with Gasteiger partial charge in [-0.25, -0.2) is 13.2 Å². The minimum atomic E-state index is -3.52. The third-order valence-corrected chi connectivity index (χ3v) is 3.21. The van der Waals surface area contributed by atoms with Gasteiger partial charge in [-0.15, -0.1) is 0 Å². The third kappa shape index (κ3) is 5.07. The first-order valence-corrected chi connectivity index (χ1v) is 8.00. The predicted molar refractivity (Wildman–Crippen MR) is 78.6 cm³/mol. The van der Waals surface area contributed by atoms with Crippen molar-refractivity contribution >= 4 is 27.6 Å². The summed E-state index contributed by atoms with van der Waals surface area (Å²) in [5, 5.41) is 2.45. The van der Waals surface area contributed by atoms with Gasteiger partial charge in [-0.1, -0.05) is 11.6 Å². The standard InChI is InChI=1S/C13H18N2O5S/c1-8-5-6-11(15-21(4,18)19)10(7-8)12(16)14-9(2)13(17)20-3/h5-7,9,15H,1-4H3,(H,14,16)/t9-/m0/s1. The van der Waals surface area contributed by atoms with E-state index in [0.717, 1.165) is 11.8 Å². The summed E-state index contributed by atoms with van der Waals surface area (Å²) in [6.07, 6.45) is 0.992. The maximum absolute atomic E-state index is 12.2. The molecule has 0 saturated heterocycles. The van der Waals surface area contributed by atoms with Crippen LogP contribution >= 0.6 is 0 Å². The molecular formula is C13H18N2O5S. The molecule has 0 aromatic heterocycles. The van der Waals surface area contributed by atoms with Gasteiger partial charge in [0.05, 0.1) is 24.6 Å². The molecule has 1 rings (SSSR count). The fourth-order valence-corrected chi connectivity index (χ4v) is 2.22. The molecule has 1 amide bonds. The van der Waals surface area contributed by atoms with Crippen LogP contribution in [0.5, 0.6) is 0 Å². The molecule has 0 aliphatic carbocycles. The van der Waals surface area contributed by atoms with Crippen LogP contribution in [0.4, 0.5) is 5.69 Å². The smallest absolute Gasteiger partial charge is 0.328 e. The van der Waals surface area contributed by atoms with E-state index in [1.807, 2.05) is 0 Å². The zero-order chi connectivity index (χ0) is 16.2. The molecule has 8 heteroatoms. The van der Waals surface area contributed by atoms with E-state index in [9.17, 15) is 18.0 Å². The predicted octanol–water partition coefficient (Wildman–Crippen LogP) is 0.658. The Kier molecular flexibility index (Phi) is 5.31. The lowest BCUT2D eigenvalue weighted by molar-refractivity contribution is -0.142. The van der Waals surface area contributed by atoms with E-state index >= 15 is 0 Å². The lowest BCUT2D eigenvalue weighted by Gasteiger charge is -2.15. The van der Waals surface area contributed by atoms with Crippen molar-refractivity contribution in [3.8, 4) is 0 Å². The van der Waals surface area contributed by atoms with Crippen LogP contribution in [0, 0.1) is 6.92 Å². The number of benzene rings is 1. The molecule has 116 valence electrons. The second-order valence-electron chi connectivity index (χ2n) is 4.64. The summed E-state index contributed by atoms with van der Waals surface area (Å²) in [5.41, 5.74) is 1.07. The van der Waals surface area contributed by atoms with Crippen molar-refractivity contribution in [3.05, 3.63) is 29.3 Å². The average molecular weight is 314 g/mol. The largest absolute Gasteiger partial charge is 0.467 e. The highest BCUT2D eigenvalue weighted by Gasteiger charge is 2.20. The lowest BCUT2D eigenvalue weighted by Crippen LogP contribution is -2.39. The molecule has 7 nitrogen and oxygen atoms in total. The van der Waals surface area contributed by atoms with Crippen molar-refractivity contribution in [1.82, 2.24) is 5.32 Å². The van der Waals surface area contributed by atoms with E-state index in [1.54, 1.807) is 13.0 Å². The number of hydrogen-bond acceptors (Lipinski definition) is 5. The molecule has 1 aromatic rings. The number of sulfonamides is 1. The summed E-state index contributed by atoms with van der Waals surface area (Å²) < 4.78 is 29.4. The van der Waals surface area contributed by atoms with Gasteiger partial charge in [0.1, 0.15) is 6.04 Å². The molecule has 2 N–H and O–H groups in total. The van der Waals surface area contributed by atoms with Gasteiger partial charge in [0.2, 0.25) is 10.0 Å². The number of aryl methyl sites for hydroxylation is 1. The number of esters is 1. The van der Waals surface area contributed by atoms with Crippen LogP contribution in [0.2, 0.25) is 0 Å². The number of carbonyl (C=O) groups excluding carboxylic acids is 2. The van der Waals surface area contributed by atoms with Crippen molar-refractivity contribution < 1.29 is 22.7 Å². The zero-order valence-corrected chi connectivity index (χ0v) is 13.1. The van der Waals surface area contributed by atoms with E-state index < -0.39 is 27.9 Å². The molecule has 0 aliphatic heterocycles. The Morgan fingerprint density at radius 1 is 1.29 bits per heavy atom. The van der Waals surface area contributed by atoms with Crippen LogP contribution in [-0.4, -0.2) is 39.7 Å². The zero-order valence-electron chi connectivity index (χ0n) is 12.3. The molecule has 0 spiro atoms. The summed E-state index contributed by atoms with van der Waals surface area (Å²) in [6, 6.07) is 3.86. The van der Waals surface area contributed by atoms with E-state index in [0.29, 0.717) is 0 Å². The summed E-state index contributed by atoms with van der Waals surface area (Å²) in [7, 11) is -2.30. The Morgan fingerprint density at radius 2 is 1.90 bits per heavy atom. The fourth-order valence-electron chi connectivity index (χ4n) is 1.64. The van der Waals surface area contributed by atoms with Gasteiger partial charge in [-0.3, -0.25) is 9.52 Å². The second-order valence-corrected chi connectivity index (χ2v) is 6.39. The van der Waals surface area contributed by atoms with Crippen molar-refractivity contribution in [2.24, 2.45) is 0 Å². The van der Waals surface area contributed by atoms with Gasteiger partial charge in [-0.05, 0) is 26.0 Å². The van der Waals surface area contributed by atoms with E-state index in [4.69, 9.17) is 0 Å². The molecule has 1 aromatic carbocycles. The Balaban J connectivity index is 3.07. The third-order valence-electron chi connectivity index (χ3n) is 2.62. The van der Waals surface area contributed by atoms with Crippen molar-refractivity contribution in [2.45, 2.75) is 19.9 Å². The molecule has 0 heterocycles. The number of amides is 1. The number of nitrogens with one attached hydrogen (secondary N) is 2. The number of anilines is 1. The van der Waals surface area contributed by atoms with Gasteiger partial charge in [0.25, 0.3) is 5.91 Å². The summed E-state index contributed by atoms with van der Waals surface area (Å²) in [5.74, 6) is -1.16. The topological polar surface area (TPSA) is 102 Å². The van der Waals surface area contributed by atoms with Crippen LogP contribution < -0.4 is 10.0 Å². The van der Waals surface area contributed by atoms with Crippen molar-refractivity contribution in [3.63, 3.8) is 0 Å². The van der Waals surface area contributed by atoms with E-state index in [1.165, 1.54) is 26.2 Å². The van der Waals surface area contributed by atoms with Gasteiger partial charge in [0.15, 0.2) is 0 Å². The lowest BCUT2D eigenvalue weighted by atomic mass is 10.1. The van der Waals surface area contributed by atoms with Crippen LogP contribution in [0.1, 0.15) is 22.8 Å². The van der Waals surface area contributed by atoms with Crippen LogP contribution in [0.25, 0.3) is 0 Å². The Hall–Kier alpha value is -2.09. The number of rotatable bonds is 5. The van der Waals surface area contributed by atoms with Crippen molar-refractivity contribution in [2.75, 3.05) is 18.1 Å². The normalized spacial score (nSPS) is 12.4. The number of methoxy groups -OCH3 is 1. The molecule has 1 atom stereocenters. The first kappa shape index (κ1) is 17.0. The minimum Gasteiger partial charge on any atom is -0.467 e. The quantitative estimate of drug-likeness (QED) is 0.777. The van der Waals surface area contributed by atoms with Gasteiger partial charge in [-0.2, -0.15) is 0 Å². The number of ether oxygens (including phenoxy) is 1. The maximum atomic E-state index is 12.2. The van der Waals surface area contributed by atoms with Gasteiger partial charge >= 0.3 is 5.97 Å². The van der Waals surface area contributed by atoms with Crippen molar-refractivity contribution in [1.29, 1.82) is 0 Å². The van der Waals surface area contributed by atoms with Crippen LogP contribution in [0.3, 0.4) is 0 Å². The monoisotopic (exact) mass is 314 g/mol. The summed E-state index contributed by atoms with van der Waals surface area (Å²) in [6.45, 7) is 3.24. The summed E-state index contributed by atoms with van der Waals surface area (Å²) >= 11 is 0. The molecule has 21 heavy (non-hydrogen) atoms. The molecule has 0 bridgehead atoms. The highest BCUT2D eigenvalue weighted by atomic mass is 32.2. The maximum Gasteiger partial charge on any atom is 0.328 e. The fraction of sp³-hybridized carbons (Fsp3) is 0.385. The molecular weight excluding hydrogens is 296 g/mol. The molecule has 0 fully saturated rings. The Bertz CT molecular complexity index is 655. The first-order valence-electron chi connectivity index (χ1n) is 6.11. The molecule has 0 aliphatic rings. The van der Waals surface area contributed by atoms with Crippen LogP contribution in [-0.2, 0) is 19.6 Å². The highest BCUT2D eigenvalue weighted by molar-refractivity contribution is 7.92. The van der Waals surface area contributed by atoms with E-state index in [-0.39, 0.29) is 11.3 Å². The second kappa shape index (κ2) is 6.57. The first-order chi connectivity index (χ1) is 9.64. The minimum absolute atomic E-state index is 0.135. The SMILES string of the molecule is COC(=O)[C@H](C)NC(=O)c1cc(C)ccc1NS(C)(=O)=O. The Labute approximate surface area is 123 Å². The van der Waals surface area contributed by atoms with Crippen LogP contribution in [0.15, 0.2) is 18.2 Å². The van der Waals surface area contributed by atoms with Gasteiger partial charge in [0, 0.05) is 0 Å². The average Bonchev–Trinajstić information content (AvgIpc) is 2.38. The highest BCUT2D eigenvalue weighted by Crippen LogP contribution is 2.18. The summed E-state index contributed by atoms with van der Waals surface area (Å²) in [4.78, 5) is 23.5.